The summed E-state index contributed by atoms with van der Waals surface area (Å²) in [4.78, 5) is 14.4. The number of hydrogen-bond acceptors (Lipinski definition) is 6. The van der Waals surface area contributed by atoms with Gasteiger partial charge in [-0.1, -0.05) is 6.92 Å². The molecular formula is C18H29NO5. The minimum Gasteiger partial charge on any atom is -0.462 e. The van der Waals surface area contributed by atoms with Crippen LogP contribution in [0, 0.1) is 23.2 Å². The van der Waals surface area contributed by atoms with Crippen molar-refractivity contribution in [2.45, 2.75) is 50.4 Å². The molecule has 2 aliphatic heterocycles. The van der Waals surface area contributed by atoms with Gasteiger partial charge in [0.05, 0.1) is 25.2 Å². The van der Waals surface area contributed by atoms with E-state index in [1.54, 1.807) is 0 Å². The Bertz CT molecular complexity index is 522. The third kappa shape index (κ3) is 2.42. The molecule has 2 heterocycles. The van der Waals surface area contributed by atoms with E-state index in [9.17, 15) is 9.90 Å². The third-order valence-corrected chi connectivity index (χ3v) is 7.19. The van der Waals surface area contributed by atoms with E-state index in [2.05, 4.69) is 6.92 Å². The molecule has 24 heavy (non-hydrogen) atoms. The van der Waals surface area contributed by atoms with Gasteiger partial charge in [0.25, 0.3) is 0 Å². The predicted octanol–water partition coefficient (Wildman–Crippen LogP) is 0.408. The summed E-state index contributed by atoms with van der Waals surface area (Å²) in [6, 6.07) is 0. The molecule has 0 aromatic carbocycles. The van der Waals surface area contributed by atoms with Crippen molar-refractivity contribution in [3.05, 3.63) is 0 Å². The number of carbonyl (C=O) groups excluding carboxylic acids is 1. The SMILES string of the molecule is CN(CCO)C[C@@H]1C(=O)O[C@@H]2C[C@@]3(C)CC[C@@H](O)[C@]4(CO4)[C@@H]3C[C@H]12. The predicted molar refractivity (Wildman–Crippen MR) is 86.2 cm³/mol. The number of hydrogen-bond donors (Lipinski definition) is 2. The Hall–Kier alpha value is -0.690. The van der Waals surface area contributed by atoms with Crippen LogP contribution in [-0.2, 0) is 14.3 Å². The van der Waals surface area contributed by atoms with Crippen molar-refractivity contribution in [1.29, 1.82) is 0 Å². The molecule has 0 aromatic heterocycles. The first-order valence-corrected chi connectivity index (χ1v) is 9.21. The molecule has 4 aliphatic rings. The van der Waals surface area contributed by atoms with Gasteiger partial charge in [0.2, 0.25) is 0 Å². The fourth-order valence-electron chi connectivity index (χ4n) is 5.72. The van der Waals surface area contributed by atoms with Gasteiger partial charge in [0.15, 0.2) is 0 Å². The van der Waals surface area contributed by atoms with Crippen LogP contribution in [0.3, 0.4) is 0 Å². The first-order chi connectivity index (χ1) is 11.4. The van der Waals surface area contributed by atoms with Gasteiger partial charge in [0.1, 0.15) is 11.7 Å². The summed E-state index contributed by atoms with van der Waals surface area (Å²) in [5.41, 5.74) is -0.284. The molecule has 0 aromatic rings. The zero-order valence-electron chi connectivity index (χ0n) is 14.6. The van der Waals surface area contributed by atoms with E-state index in [0.717, 1.165) is 25.7 Å². The summed E-state index contributed by atoms with van der Waals surface area (Å²) in [5, 5.41) is 19.6. The Morgan fingerprint density at radius 2 is 2.17 bits per heavy atom. The molecule has 2 saturated carbocycles. The van der Waals surface area contributed by atoms with E-state index in [1.807, 2.05) is 11.9 Å². The molecule has 4 rings (SSSR count). The lowest BCUT2D eigenvalue weighted by Gasteiger charge is -2.53. The number of fused-ring (bicyclic) bond motifs is 3. The van der Waals surface area contributed by atoms with E-state index in [1.165, 1.54) is 0 Å². The summed E-state index contributed by atoms with van der Waals surface area (Å²) >= 11 is 0. The number of likely N-dealkylation sites (N-methyl/N-ethyl adjacent to an activating group) is 1. The topological polar surface area (TPSA) is 82.5 Å². The van der Waals surface area contributed by atoms with E-state index < -0.39 is 0 Å². The number of epoxide rings is 1. The number of aliphatic hydroxyl groups is 2. The number of ether oxygens (including phenoxy) is 2. The molecule has 2 saturated heterocycles. The van der Waals surface area contributed by atoms with Crippen LogP contribution < -0.4 is 0 Å². The van der Waals surface area contributed by atoms with Crippen LogP contribution in [-0.4, -0.2) is 72.2 Å². The van der Waals surface area contributed by atoms with E-state index in [-0.39, 0.29) is 47.6 Å². The second-order valence-electron chi connectivity index (χ2n) is 8.68. The minimum absolute atomic E-state index is 0.00248. The highest BCUT2D eigenvalue weighted by atomic mass is 16.6. The van der Waals surface area contributed by atoms with Gasteiger partial charge in [0, 0.05) is 19.0 Å². The Balaban J connectivity index is 1.55. The van der Waals surface area contributed by atoms with E-state index in [4.69, 9.17) is 14.6 Å². The number of aliphatic hydroxyl groups excluding tert-OH is 2. The maximum absolute atomic E-state index is 12.4. The summed E-state index contributed by atoms with van der Waals surface area (Å²) < 4.78 is 11.6. The van der Waals surface area contributed by atoms with Crippen LogP contribution >= 0.6 is 0 Å². The molecule has 0 bridgehead atoms. The molecule has 2 N–H and O–H groups in total. The maximum Gasteiger partial charge on any atom is 0.310 e. The highest BCUT2D eigenvalue weighted by Crippen LogP contribution is 2.62. The van der Waals surface area contributed by atoms with Gasteiger partial charge in [-0.25, -0.2) is 0 Å². The van der Waals surface area contributed by atoms with Gasteiger partial charge in [-0.3, -0.25) is 4.79 Å². The summed E-state index contributed by atoms with van der Waals surface area (Å²) in [5.74, 6) is 0.271. The average Bonchev–Trinajstić information content (AvgIpc) is 3.26. The Kier molecular flexibility index (Phi) is 3.95. The van der Waals surface area contributed by atoms with Crippen molar-refractivity contribution < 1.29 is 24.5 Å². The Morgan fingerprint density at radius 1 is 1.42 bits per heavy atom. The first kappa shape index (κ1) is 16.8. The fourth-order valence-corrected chi connectivity index (χ4v) is 5.72. The van der Waals surface area contributed by atoms with Crippen molar-refractivity contribution in [3.8, 4) is 0 Å². The van der Waals surface area contributed by atoms with Crippen molar-refractivity contribution in [3.63, 3.8) is 0 Å². The zero-order valence-corrected chi connectivity index (χ0v) is 14.6. The molecule has 0 radical (unpaired) electrons. The largest absolute Gasteiger partial charge is 0.462 e. The van der Waals surface area contributed by atoms with Crippen LogP contribution in [0.5, 0.6) is 0 Å². The van der Waals surface area contributed by atoms with Crippen molar-refractivity contribution in [1.82, 2.24) is 4.90 Å². The van der Waals surface area contributed by atoms with E-state index >= 15 is 0 Å². The van der Waals surface area contributed by atoms with Gasteiger partial charge < -0.3 is 24.6 Å². The van der Waals surface area contributed by atoms with Crippen LogP contribution in [0.25, 0.3) is 0 Å². The summed E-state index contributed by atoms with van der Waals surface area (Å²) in [6.07, 6.45) is 3.15. The smallest absolute Gasteiger partial charge is 0.310 e. The normalized spacial score (nSPS) is 49.9. The minimum atomic E-state index is -0.374. The summed E-state index contributed by atoms with van der Waals surface area (Å²) in [6.45, 7) is 4.21. The molecular weight excluding hydrogens is 310 g/mol. The van der Waals surface area contributed by atoms with Gasteiger partial charge in [-0.2, -0.15) is 0 Å². The molecule has 0 amide bonds. The average molecular weight is 339 g/mol. The molecule has 1 spiro atoms. The van der Waals surface area contributed by atoms with Crippen LogP contribution in [0.2, 0.25) is 0 Å². The van der Waals surface area contributed by atoms with Gasteiger partial charge >= 0.3 is 5.97 Å². The second-order valence-corrected chi connectivity index (χ2v) is 8.68. The lowest BCUT2D eigenvalue weighted by Crippen LogP contribution is -2.56. The quantitative estimate of drug-likeness (QED) is 0.570. The monoisotopic (exact) mass is 339 g/mol. The van der Waals surface area contributed by atoms with Crippen LogP contribution in [0.4, 0.5) is 0 Å². The molecule has 6 heteroatoms. The van der Waals surface area contributed by atoms with Gasteiger partial charge in [-0.05, 0) is 44.1 Å². The standard InChI is InChI=1S/C18H29NO5/c1-17-4-3-15(21)18(10-23-18)14(17)7-11-12(9-19(2)5-6-20)16(22)24-13(11)8-17/h11-15,20-21H,3-10H2,1-2H3/t11-,12+,13-,14-,15-,17-,18+/m1/s1. The molecule has 4 fully saturated rings. The molecule has 0 unspecified atom stereocenters. The number of nitrogens with zero attached hydrogens (tertiary/aromatic N) is 1. The third-order valence-electron chi connectivity index (χ3n) is 7.19. The maximum atomic E-state index is 12.4. The van der Waals surface area contributed by atoms with Crippen molar-refractivity contribution in [2.75, 3.05) is 33.4 Å². The lowest BCUT2D eigenvalue weighted by atomic mass is 9.52. The fraction of sp³-hybridized carbons (Fsp3) is 0.944. The lowest BCUT2D eigenvalue weighted by molar-refractivity contribution is -0.149. The highest BCUT2D eigenvalue weighted by Gasteiger charge is 2.68. The number of rotatable bonds is 4. The van der Waals surface area contributed by atoms with Crippen molar-refractivity contribution >= 4 is 5.97 Å². The molecule has 7 atom stereocenters. The zero-order chi connectivity index (χ0) is 17.1. The van der Waals surface area contributed by atoms with Crippen molar-refractivity contribution in [2.24, 2.45) is 23.2 Å². The number of carbonyl (C=O) groups is 1. The Morgan fingerprint density at radius 3 is 2.83 bits per heavy atom. The van der Waals surface area contributed by atoms with E-state index in [0.29, 0.717) is 25.6 Å². The molecule has 2 aliphatic carbocycles. The summed E-state index contributed by atoms with van der Waals surface area (Å²) in [7, 11) is 1.93. The number of esters is 1. The first-order valence-electron chi connectivity index (χ1n) is 9.21. The van der Waals surface area contributed by atoms with Crippen LogP contribution in [0.15, 0.2) is 0 Å². The Labute approximate surface area is 143 Å². The highest BCUT2D eigenvalue weighted by molar-refractivity contribution is 5.75. The van der Waals surface area contributed by atoms with Crippen LogP contribution in [0.1, 0.15) is 32.6 Å². The van der Waals surface area contributed by atoms with Gasteiger partial charge in [-0.15, -0.1) is 0 Å². The molecule has 6 nitrogen and oxygen atoms in total. The molecule has 136 valence electrons. The second kappa shape index (κ2) is 5.66.